The summed E-state index contributed by atoms with van der Waals surface area (Å²) in [6.07, 6.45) is 1.82. The lowest BCUT2D eigenvalue weighted by molar-refractivity contribution is 0.515. The zero-order valence-electron chi connectivity index (χ0n) is 12.5. The standard InChI is InChI=1S/C16H19BrClN3/c1-5-8-21-14(19)13(20-15(21)16(2,3)4)11-7-6-10(17)9-12(11)18/h5-7,9H,1,8,19H2,2-4H3. The molecule has 1 aromatic heterocycles. The average molecular weight is 369 g/mol. The predicted molar refractivity (Wildman–Crippen MR) is 93.7 cm³/mol. The van der Waals surface area contributed by atoms with Crippen LogP contribution in [0.4, 0.5) is 5.82 Å². The highest BCUT2D eigenvalue weighted by Crippen LogP contribution is 2.36. The Bertz CT molecular complexity index is 684. The van der Waals surface area contributed by atoms with E-state index in [-0.39, 0.29) is 5.41 Å². The fourth-order valence-corrected chi connectivity index (χ4v) is 2.99. The van der Waals surface area contributed by atoms with Gasteiger partial charge in [0.15, 0.2) is 0 Å². The Morgan fingerprint density at radius 1 is 1.43 bits per heavy atom. The third kappa shape index (κ3) is 3.16. The Kier molecular flexibility index (Phi) is 4.49. The smallest absolute Gasteiger partial charge is 0.132 e. The van der Waals surface area contributed by atoms with E-state index in [4.69, 9.17) is 22.3 Å². The zero-order valence-corrected chi connectivity index (χ0v) is 14.8. The molecular weight excluding hydrogens is 350 g/mol. The van der Waals surface area contributed by atoms with Crippen LogP contribution in [0.5, 0.6) is 0 Å². The minimum absolute atomic E-state index is 0.114. The number of hydrogen-bond donors (Lipinski definition) is 1. The fourth-order valence-electron chi connectivity index (χ4n) is 2.23. The van der Waals surface area contributed by atoms with Gasteiger partial charge in [0.25, 0.3) is 0 Å². The average Bonchev–Trinajstić information content (AvgIpc) is 2.68. The van der Waals surface area contributed by atoms with Crippen molar-refractivity contribution in [2.24, 2.45) is 0 Å². The van der Waals surface area contributed by atoms with Gasteiger partial charge in [0.05, 0.1) is 5.02 Å². The minimum Gasteiger partial charge on any atom is -0.383 e. The second kappa shape index (κ2) is 5.85. The lowest BCUT2D eigenvalue weighted by Gasteiger charge is -2.19. The van der Waals surface area contributed by atoms with Crippen LogP contribution in [0.25, 0.3) is 11.3 Å². The number of benzene rings is 1. The van der Waals surface area contributed by atoms with Crippen molar-refractivity contribution < 1.29 is 0 Å². The zero-order chi connectivity index (χ0) is 15.8. The molecule has 3 nitrogen and oxygen atoms in total. The number of imidazole rings is 1. The third-order valence-corrected chi connectivity index (χ3v) is 3.98. The summed E-state index contributed by atoms with van der Waals surface area (Å²) in [5, 5.41) is 0.625. The Morgan fingerprint density at radius 2 is 2.10 bits per heavy atom. The maximum atomic E-state index is 6.33. The van der Waals surface area contributed by atoms with Crippen molar-refractivity contribution >= 4 is 33.3 Å². The molecule has 0 aliphatic heterocycles. The van der Waals surface area contributed by atoms with Gasteiger partial charge in [-0.25, -0.2) is 4.98 Å². The van der Waals surface area contributed by atoms with Crippen LogP contribution in [0.1, 0.15) is 26.6 Å². The molecule has 0 fully saturated rings. The number of nitrogen functional groups attached to an aromatic ring is 1. The van der Waals surface area contributed by atoms with Gasteiger partial charge in [-0.05, 0) is 12.1 Å². The van der Waals surface area contributed by atoms with Crippen molar-refractivity contribution in [3.05, 3.63) is 46.2 Å². The monoisotopic (exact) mass is 367 g/mol. The molecule has 2 rings (SSSR count). The molecule has 0 bridgehead atoms. The van der Waals surface area contributed by atoms with Crippen molar-refractivity contribution in [1.29, 1.82) is 0 Å². The van der Waals surface area contributed by atoms with Gasteiger partial charge in [0.1, 0.15) is 17.3 Å². The minimum atomic E-state index is -0.114. The van der Waals surface area contributed by atoms with Gasteiger partial charge >= 0.3 is 0 Å². The molecule has 1 heterocycles. The van der Waals surface area contributed by atoms with E-state index in [1.54, 1.807) is 0 Å². The Labute approximate surface area is 139 Å². The fraction of sp³-hybridized carbons (Fsp3) is 0.312. The molecule has 112 valence electrons. The maximum absolute atomic E-state index is 6.33. The first-order chi connectivity index (χ1) is 9.75. The number of hydrogen-bond acceptors (Lipinski definition) is 2. The first-order valence-electron chi connectivity index (χ1n) is 6.68. The highest BCUT2D eigenvalue weighted by molar-refractivity contribution is 9.10. The first-order valence-corrected chi connectivity index (χ1v) is 7.85. The van der Waals surface area contributed by atoms with Crippen LogP contribution in [0.2, 0.25) is 5.02 Å². The van der Waals surface area contributed by atoms with Crippen LogP contribution in [0.15, 0.2) is 35.3 Å². The number of aromatic nitrogens is 2. The summed E-state index contributed by atoms with van der Waals surface area (Å²) in [7, 11) is 0. The summed E-state index contributed by atoms with van der Waals surface area (Å²) >= 11 is 9.74. The molecule has 2 N–H and O–H groups in total. The van der Waals surface area contributed by atoms with Gasteiger partial charge in [0.2, 0.25) is 0 Å². The van der Waals surface area contributed by atoms with E-state index in [1.807, 2.05) is 28.8 Å². The second-order valence-corrected chi connectivity index (χ2v) is 7.27. The van der Waals surface area contributed by atoms with Crippen LogP contribution in [0.3, 0.4) is 0 Å². The summed E-state index contributed by atoms with van der Waals surface area (Å²) in [5.74, 6) is 1.54. The Hall–Kier alpha value is -1.26. The summed E-state index contributed by atoms with van der Waals surface area (Å²) in [5.41, 5.74) is 7.75. The summed E-state index contributed by atoms with van der Waals surface area (Å²) in [6.45, 7) is 10.8. The van der Waals surface area contributed by atoms with Crippen molar-refractivity contribution in [2.45, 2.75) is 32.7 Å². The number of anilines is 1. The normalized spacial score (nSPS) is 11.7. The molecule has 0 saturated carbocycles. The summed E-state index contributed by atoms with van der Waals surface area (Å²) < 4.78 is 2.91. The topological polar surface area (TPSA) is 43.8 Å². The van der Waals surface area contributed by atoms with E-state index in [9.17, 15) is 0 Å². The van der Waals surface area contributed by atoms with Crippen molar-refractivity contribution in [3.8, 4) is 11.3 Å². The predicted octanol–water partition coefficient (Wildman–Crippen LogP) is 5.03. The molecule has 0 spiro atoms. The van der Waals surface area contributed by atoms with E-state index in [0.29, 0.717) is 17.4 Å². The van der Waals surface area contributed by atoms with Crippen molar-refractivity contribution in [1.82, 2.24) is 9.55 Å². The molecule has 0 amide bonds. The SMILES string of the molecule is C=CCn1c(C(C)(C)C)nc(-c2ccc(Br)cc2Cl)c1N. The molecule has 21 heavy (non-hydrogen) atoms. The lowest BCUT2D eigenvalue weighted by Crippen LogP contribution is -2.19. The van der Waals surface area contributed by atoms with Crippen molar-refractivity contribution in [2.75, 3.05) is 5.73 Å². The number of nitrogens with zero attached hydrogens (tertiary/aromatic N) is 2. The Morgan fingerprint density at radius 3 is 2.62 bits per heavy atom. The van der Waals surface area contributed by atoms with Gasteiger partial charge in [-0.15, -0.1) is 6.58 Å². The van der Waals surface area contributed by atoms with Crippen LogP contribution < -0.4 is 5.73 Å². The molecule has 0 aliphatic carbocycles. The molecule has 2 aromatic rings. The van der Waals surface area contributed by atoms with E-state index in [0.717, 1.165) is 21.6 Å². The van der Waals surface area contributed by atoms with Crippen molar-refractivity contribution in [3.63, 3.8) is 0 Å². The van der Waals surface area contributed by atoms with Gasteiger partial charge in [-0.1, -0.05) is 60.4 Å². The van der Waals surface area contributed by atoms with Crippen LogP contribution in [-0.4, -0.2) is 9.55 Å². The van der Waals surface area contributed by atoms with E-state index in [2.05, 4.69) is 43.3 Å². The molecular formula is C16H19BrClN3. The molecule has 0 aliphatic rings. The van der Waals surface area contributed by atoms with Crippen LogP contribution >= 0.6 is 27.5 Å². The highest BCUT2D eigenvalue weighted by Gasteiger charge is 2.25. The Balaban J connectivity index is 2.67. The lowest BCUT2D eigenvalue weighted by atomic mass is 9.95. The van der Waals surface area contributed by atoms with Gasteiger partial charge < -0.3 is 10.3 Å². The maximum Gasteiger partial charge on any atom is 0.132 e. The highest BCUT2D eigenvalue weighted by atomic mass is 79.9. The van der Waals surface area contributed by atoms with E-state index < -0.39 is 0 Å². The molecule has 0 unspecified atom stereocenters. The van der Waals surface area contributed by atoms with Gasteiger partial charge in [-0.2, -0.15) is 0 Å². The quantitative estimate of drug-likeness (QED) is 0.772. The van der Waals surface area contributed by atoms with Gasteiger partial charge in [0, 0.05) is 22.0 Å². The number of nitrogens with two attached hydrogens (primary N) is 1. The van der Waals surface area contributed by atoms with E-state index in [1.165, 1.54) is 0 Å². The summed E-state index contributed by atoms with van der Waals surface area (Å²) in [4.78, 5) is 4.75. The van der Waals surface area contributed by atoms with E-state index >= 15 is 0 Å². The third-order valence-electron chi connectivity index (χ3n) is 3.18. The molecule has 0 saturated heterocycles. The summed E-state index contributed by atoms with van der Waals surface area (Å²) in [6, 6.07) is 5.71. The number of allylic oxidation sites excluding steroid dienone is 1. The first kappa shape index (κ1) is 16.1. The van der Waals surface area contributed by atoms with Crippen LogP contribution in [-0.2, 0) is 12.0 Å². The second-order valence-electron chi connectivity index (χ2n) is 5.94. The molecule has 0 radical (unpaired) electrons. The largest absolute Gasteiger partial charge is 0.383 e. The van der Waals surface area contributed by atoms with Gasteiger partial charge in [-0.3, -0.25) is 0 Å². The number of rotatable bonds is 3. The molecule has 1 aromatic carbocycles. The van der Waals surface area contributed by atoms with Crippen LogP contribution in [0, 0.1) is 0 Å². The number of halogens is 2. The molecule has 5 heteroatoms. The molecule has 0 atom stereocenters.